The smallest absolute Gasteiger partial charge is 0.321 e. The second kappa shape index (κ2) is 6.88. The van der Waals surface area contributed by atoms with E-state index in [0.29, 0.717) is 18.1 Å². The highest BCUT2D eigenvalue weighted by Gasteiger charge is 2.15. The van der Waals surface area contributed by atoms with Crippen molar-refractivity contribution in [1.29, 1.82) is 0 Å². The van der Waals surface area contributed by atoms with E-state index in [1.54, 1.807) is 53.5 Å². The van der Waals surface area contributed by atoms with Crippen LogP contribution in [0.5, 0.6) is 0 Å². The van der Waals surface area contributed by atoms with Crippen LogP contribution in [0.15, 0.2) is 46.8 Å². The number of halogens is 1. The van der Waals surface area contributed by atoms with E-state index < -0.39 is 0 Å². The number of hydrogen-bond acceptors (Lipinski definition) is 5. The van der Waals surface area contributed by atoms with E-state index in [-0.39, 0.29) is 6.03 Å². The Bertz CT molecular complexity index is 790. The lowest BCUT2D eigenvalue weighted by Crippen LogP contribution is -2.31. The maximum Gasteiger partial charge on any atom is 0.322 e. The van der Waals surface area contributed by atoms with Crippen molar-refractivity contribution >= 4 is 39.0 Å². The molecule has 3 aromatic heterocycles. The van der Waals surface area contributed by atoms with Crippen LogP contribution in [0.4, 0.5) is 10.5 Å². The Morgan fingerprint density at radius 3 is 3.00 bits per heavy atom. The van der Waals surface area contributed by atoms with Gasteiger partial charge in [0.2, 0.25) is 0 Å². The molecule has 118 valence electrons. The summed E-state index contributed by atoms with van der Waals surface area (Å²) in [7, 11) is 1.72. The van der Waals surface area contributed by atoms with Crippen molar-refractivity contribution in [3.05, 3.63) is 51.8 Å². The molecule has 0 aliphatic carbocycles. The van der Waals surface area contributed by atoms with Crippen LogP contribution in [0.25, 0.3) is 5.82 Å². The summed E-state index contributed by atoms with van der Waals surface area (Å²) in [5.74, 6) is 0.550. The molecule has 3 rings (SSSR count). The summed E-state index contributed by atoms with van der Waals surface area (Å²) in [6, 6.07) is 3.34. The Balaban J connectivity index is 1.79. The SMILES string of the molecule is CN(Cc1nccs1)C(=O)Nc1cc(Br)cnc1-n1cccn1. The summed E-state index contributed by atoms with van der Waals surface area (Å²) in [4.78, 5) is 22.5. The molecular weight excluding hydrogens is 380 g/mol. The molecule has 7 nitrogen and oxygen atoms in total. The molecule has 3 heterocycles. The minimum Gasteiger partial charge on any atom is -0.321 e. The number of amides is 2. The van der Waals surface area contributed by atoms with E-state index in [9.17, 15) is 4.79 Å². The predicted molar refractivity (Wildman–Crippen MR) is 91.7 cm³/mol. The van der Waals surface area contributed by atoms with Gasteiger partial charge < -0.3 is 10.2 Å². The van der Waals surface area contributed by atoms with Gasteiger partial charge in [-0.3, -0.25) is 0 Å². The number of nitrogens with zero attached hydrogens (tertiary/aromatic N) is 5. The summed E-state index contributed by atoms with van der Waals surface area (Å²) in [6.45, 7) is 0.446. The first kappa shape index (κ1) is 15.6. The Kier molecular flexibility index (Phi) is 4.68. The van der Waals surface area contributed by atoms with Crippen molar-refractivity contribution in [2.75, 3.05) is 12.4 Å². The molecule has 0 fully saturated rings. The highest BCUT2D eigenvalue weighted by molar-refractivity contribution is 9.10. The molecule has 0 radical (unpaired) electrons. The molecule has 0 bridgehead atoms. The largest absolute Gasteiger partial charge is 0.322 e. The number of hydrogen-bond donors (Lipinski definition) is 1. The summed E-state index contributed by atoms with van der Waals surface area (Å²) >= 11 is 4.88. The fourth-order valence-electron chi connectivity index (χ4n) is 1.92. The summed E-state index contributed by atoms with van der Waals surface area (Å²) in [5.41, 5.74) is 0.569. The zero-order valence-electron chi connectivity index (χ0n) is 12.2. The van der Waals surface area contributed by atoms with Crippen LogP contribution in [0.2, 0.25) is 0 Å². The molecule has 0 aromatic carbocycles. The normalized spacial score (nSPS) is 10.5. The zero-order valence-corrected chi connectivity index (χ0v) is 14.6. The number of urea groups is 1. The summed E-state index contributed by atoms with van der Waals surface area (Å²) < 4.78 is 2.37. The highest BCUT2D eigenvalue weighted by atomic mass is 79.9. The Hall–Kier alpha value is -2.26. The topological polar surface area (TPSA) is 75.9 Å². The zero-order chi connectivity index (χ0) is 16.2. The summed E-state index contributed by atoms with van der Waals surface area (Å²) in [6.07, 6.45) is 6.81. The van der Waals surface area contributed by atoms with Crippen molar-refractivity contribution in [2.45, 2.75) is 6.54 Å². The van der Waals surface area contributed by atoms with Gasteiger partial charge in [0.15, 0.2) is 5.82 Å². The Morgan fingerprint density at radius 1 is 1.43 bits per heavy atom. The number of aromatic nitrogens is 4. The Morgan fingerprint density at radius 2 is 2.30 bits per heavy atom. The van der Waals surface area contributed by atoms with Crippen LogP contribution < -0.4 is 5.32 Å². The quantitative estimate of drug-likeness (QED) is 0.739. The molecular formula is C14H13BrN6OS. The predicted octanol–water partition coefficient (Wildman–Crippen LogP) is 3.15. The lowest BCUT2D eigenvalue weighted by molar-refractivity contribution is 0.220. The number of carbonyl (C=O) groups excluding carboxylic acids is 1. The number of thiazole rings is 1. The van der Waals surface area contributed by atoms with E-state index >= 15 is 0 Å². The van der Waals surface area contributed by atoms with E-state index in [1.165, 1.54) is 11.3 Å². The second-order valence-electron chi connectivity index (χ2n) is 4.69. The first-order valence-corrected chi connectivity index (χ1v) is 8.37. The molecule has 0 unspecified atom stereocenters. The second-order valence-corrected chi connectivity index (χ2v) is 6.58. The van der Waals surface area contributed by atoms with E-state index in [1.807, 2.05) is 5.38 Å². The van der Waals surface area contributed by atoms with E-state index in [4.69, 9.17) is 0 Å². The van der Waals surface area contributed by atoms with Gasteiger partial charge in [0, 0.05) is 41.7 Å². The average Bonchev–Trinajstić information content (AvgIpc) is 3.20. The standard InChI is InChI=1S/C14H13BrN6OS/c1-20(9-12-16-4-6-23-12)14(22)19-11-7-10(15)8-17-13(11)21-5-2-3-18-21/h2-8H,9H2,1H3,(H,19,22). The lowest BCUT2D eigenvalue weighted by Gasteiger charge is -2.18. The van der Waals surface area contributed by atoms with Gasteiger partial charge in [-0.05, 0) is 28.1 Å². The van der Waals surface area contributed by atoms with Crippen LogP contribution in [0.3, 0.4) is 0 Å². The van der Waals surface area contributed by atoms with Crippen LogP contribution >= 0.6 is 27.3 Å². The number of nitrogens with one attached hydrogen (secondary N) is 1. The van der Waals surface area contributed by atoms with Gasteiger partial charge in [0.25, 0.3) is 0 Å². The van der Waals surface area contributed by atoms with Crippen molar-refractivity contribution in [3.8, 4) is 5.82 Å². The van der Waals surface area contributed by atoms with Crippen LogP contribution in [-0.4, -0.2) is 37.7 Å². The molecule has 23 heavy (non-hydrogen) atoms. The van der Waals surface area contributed by atoms with E-state index in [2.05, 4.69) is 36.3 Å². The number of carbonyl (C=O) groups is 1. The van der Waals surface area contributed by atoms with Crippen LogP contribution in [0.1, 0.15) is 5.01 Å². The third-order valence-corrected chi connectivity index (χ3v) is 4.20. The maximum atomic E-state index is 12.4. The van der Waals surface area contributed by atoms with Crippen molar-refractivity contribution < 1.29 is 4.79 Å². The van der Waals surface area contributed by atoms with Gasteiger partial charge in [-0.25, -0.2) is 19.4 Å². The molecule has 3 aromatic rings. The highest BCUT2D eigenvalue weighted by Crippen LogP contribution is 2.22. The fraction of sp³-hybridized carbons (Fsp3) is 0.143. The molecule has 0 aliphatic rings. The summed E-state index contributed by atoms with van der Waals surface area (Å²) in [5, 5.41) is 9.78. The number of rotatable bonds is 4. The van der Waals surface area contributed by atoms with Gasteiger partial charge in [-0.15, -0.1) is 11.3 Å². The molecule has 9 heteroatoms. The van der Waals surface area contributed by atoms with E-state index in [0.717, 1.165) is 9.48 Å². The Labute approximate surface area is 145 Å². The molecule has 0 spiro atoms. The molecule has 1 N–H and O–H groups in total. The van der Waals surface area contributed by atoms with Crippen molar-refractivity contribution in [2.24, 2.45) is 0 Å². The van der Waals surface area contributed by atoms with Gasteiger partial charge >= 0.3 is 6.03 Å². The fourth-order valence-corrected chi connectivity index (χ4v) is 2.92. The van der Waals surface area contributed by atoms with Gasteiger partial charge in [0.1, 0.15) is 5.01 Å². The molecule has 0 saturated carbocycles. The minimum atomic E-state index is -0.242. The van der Waals surface area contributed by atoms with Crippen molar-refractivity contribution in [1.82, 2.24) is 24.6 Å². The molecule has 2 amide bonds. The first-order valence-electron chi connectivity index (χ1n) is 6.69. The molecule has 0 atom stereocenters. The monoisotopic (exact) mass is 392 g/mol. The van der Waals surface area contributed by atoms with Gasteiger partial charge in [-0.2, -0.15) is 5.10 Å². The first-order chi connectivity index (χ1) is 11.1. The van der Waals surface area contributed by atoms with Crippen LogP contribution in [0, 0.1) is 0 Å². The molecule has 0 saturated heterocycles. The number of anilines is 1. The average molecular weight is 393 g/mol. The number of pyridine rings is 1. The third kappa shape index (κ3) is 3.74. The maximum absolute atomic E-state index is 12.4. The van der Waals surface area contributed by atoms with Crippen LogP contribution in [-0.2, 0) is 6.54 Å². The van der Waals surface area contributed by atoms with Crippen molar-refractivity contribution in [3.63, 3.8) is 0 Å². The third-order valence-electron chi connectivity index (χ3n) is 3.00. The van der Waals surface area contributed by atoms with Gasteiger partial charge in [0.05, 0.1) is 12.2 Å². The lowest BCUT2D eigenvalue weighted by atomic mass is 10.4. The minimum absolute atomic E-state index is 0.242. The van der Waals surface area contributed by atoms with Gasteiger partial charge in [-0.1, -0.05) is 0 Å². The molecule has 0 aliphatic heterocycles.